The van der Waals surface area contributed by atoms with Crippen LogP contribution < -0.4 is 4.74 Å². The van der Waals surface area contributed by atoms with Gasteiger partial charge in [0.05, 0.1) is 15.7 Å². The molecule has 2 rings (SSSR count). The minimum absolute atomic E-state index is 0.338. The van der Waals surface area contributed by atoms with Crippen LogP contribution in [0, 0.1) is 6.92 Å². The van der Waals surface area contributed by atoms with Crippen molar-refractivity contribution in [1.29, 1.82) is 0 Å². The molecule has 0 saturated carbocycles. The standard InChI is InChI=1S/C16H17BrCl2N2O.2C2H6/c1-9(2)12-8-15(21-20-10(12)3)22-16-13(18)6-11(4-5-17)7-14(16)19;2*1-2/h6-9H,4-5H2,1-3H3;2*1-2H3. The molecule has 1 heterocycles. The first kappa shape index (κ1) is 25.2. The lowest BCUT2D eigenvalue weighted by atomic mass is 10.0. The normalized spacial score (nSPS) is 9.81. The zero-order valence-electron chi connectivity index (χ0n) is 16.7. The zero-order valence-corrected chi connectivity index (χ0v) is 19.8. The van der Waals surface area contributed by atoms with Gasteiger partial charge in [-0.15, -0.1) is 5.10 Å². The molecule has 0 radical (unpaired) electrons. The molecule has 0 unspecified atom stereocenters. The third-order valence-electron chi connectivity index (χ3n) is 3.27. The van der Waals surface area contributed by atoms with Crippen LogP contribution in [0.1, 0.15) is 64.3 Å². The fraction of sp³-hybridized carbons (Fsp3) is 0.500. The van der Waals surface area contributed by atoms with Gasteiger partial charge in [0.25, 0.3) is 0 Å². The average Bonchev–Trinajstić information content (AvgIpc) is 2.63. The van der Waals surface area contributed by atoms with Crippen LogP contribution in [0.25, 0.3) is 0 Å². The van der Waals surface area contributed by atoms with E-state index in [1.54, 1.807) is 0 Å². The second kappa shape index (κ2) is 13.3. The lowest BCUT2D eigenvalue weighted by molar-refractivity contribution is 0.452. The summed E-state index contributed by atoms with van der Waals surface area (Å²) in [6.45, 7) is 14.1. The van der Waals surface area contributed by atoms with Gasteiger partial charge in [-0.05, 0) is 42.5 Å². The summed E-state index contributed by atoms with van der Waals surface area (Å²) in [4.78, 5) is 0. The summed E-state index contributed by atoms with van der Waals surface area (Å²) in [7, 11) is 0. The second-order valence-electron chi connectivity index (χ2n) is 5.31. The van der Waals surface area contributed by atoms with Crippen LogP contribution in [0.2, 0.25) is 10.0 Å². The molecule has 1 aromatic heterocycles. The number of nitrogens with zero attached hydrogens (tertiary/aromatic N) is 2. The Balaban J connectivity index is 0.00000146. The molecule has 0 atom stereocenters. The number of aromatic nitrogens is 2. The molecule has 0 amide bonds. The summed E-state index contributed by atoms with van der Waals surface area (Å²) in [6, 6.07) is 5.59. The Hall–Kier alpha value is -0.840. The second-order valence-corrected chi connectivity index (χ2v) is 6.92. The largest absolute Gasteiger partial charge is 0.434 e. The van der Waals surface area contributed by atoms with Gasteiger partial charge in [-0.2, -0.15) is 5.10 Å². The molecule has 0 N–H and O–H groups in total. The summed E-state index contributed by atoms with van der Waals surface area (Å²) in [5.41, 5.74) is 3.04. The molecule has 0 aliphatic carbocycles. The highest BCUT2D eigenvalue weighted by Gasteiger charge is 2.14. The van der Waals surface area contributed by atoms with Gasteiger partial charge in [0.1, 0.15) is 0 Å². The fourth-order valence-electron chi connectivity index (χ4n) is 2.15. The quantitative estimate of drug-likeness (QED) is 0.421. The summed E-state index contributed by atoms with van der Waals surface area (Å²) in [5, 5.41) is 9.98. The van der Waals surface area contributed by atoms with Gasteiger partial charge in [-0.25, -0.2) is 0 Å². The van der Waals surface area contributed by atoms with Crippen LogP contribution in [0.3, 0.4) is 0 Å². The smallest absolute Gasteiger partial charge is 0.239 e. The fourth-order valence-corrected chi connectivity index (χ4v) is 3.22. The van der Waals surface area contributed by atoms with Gasteiger partial charge in [-0.1, -0.05) is 80.7 Å². The molecule has 26 heavy (non-hydrogen) atoms. The maximum atomic E-state index is 6.28. The van der Waals surface area contributed by atoms with Crippen molar-refractivity contribution in [2.75, 3.05) is 5.33 Å². The highest BCUT2D eigenvalue weighted by Crippen LogP contribution is 2.37. The third-order valence-corrected chi connectivity index (χ3v) is 4.22. The van der Waals surface area contributed by atoms with Crippen LogP contribution in [-0.4, -0.2) is 15.5 Å². The maximum Gasteiger partial charge on any atom is 0.239 e. The van der Waals surface area contributed by atoms with Crippen LogP contribution in [0.5, 0.6) is 11.6 Å². The van der Waals surface area contributed by atoms with E-state index in [2.05, 4.69) is 40.0 Å². The number of hydrogen-bond donors (Lipinski definition) is 0. The number of ether oxygens (including phenoxy) is 1. The Morgan fingerprint density at radius 2 is 1.54 bits per heavy atom. The Morgan fingerprint density at radius 1 is 1.00 bits per heavy atom. The minimum atomic E-state index is 0.338. The first-order chi connectivity index (χ1) is 12.4. The third kappa shape index (κ3) is 7.42. The predicted molar refractivity (Wildman–Crippen MR) is 118 cm³/mol. The van der Waals surface area contributed by atoms with Crippen molar-refractivity contribution in [1.82, 2.24) is 10.2 Å². The van der Waals surface area contributed by atoms with Crippen molar-refractivity contribution in [2.24, 2.45) is 0 Å². The van der Waals surface area contributed by atoms with E-state index >= 15 is 0 Å². The van der Waals surface area contributed by atoms with Crippen molar-refractivity contribution in [3.05, 3.63) is 45.1 Å². The van der Waals surface area contributed by atoms with E-state index in [4.69, 9.17) is 27.9 Å². The molecule has 3 nitrogen and oxygen atoms in total. The molecule has 2 aromatic rings. The summed E-state index contributed by atoms with van der Waals surface area (Å²) >= 11 is 16.0. The molecular formula is C20H29BrCl2N2O. The average molecular weight is 464 g/mol. The van der Waals surface area contributed by atoms with Crippen molar-refractivity contribution in [2.45, 2.75) is 60.8 Å². The molecule has 0 aliphatic rings. The Morgan fingerprint density at radius 3 is 2.00 bits per heavy atom. The van der Waals surface area contributed by atoms with E-state index in [0.717, 1.165) is 28.6 Å². The zero-order chi connectivity index (χ0) is 20.3. The van der Waals surface area contributed by atoms with Crippen LogP contribution >= 0.6 is 39.1 Å². The first-order valence-electron chi connectivity index (χ1n) is 8.98. The molecule has 0 spiro atoms. The van der Waals surface area contributed by atoms with Gasteiger partial charge < -0.3 is 4.74 Å². The SMILES string of the molecule is CC.CC.Cc1nnc(Oc2c(Cl)cc(CCBr)cc2Cl)cc1C(C)C. The molecule has 0 saturated heterocycles. The van der Waals surface area contributed by atoms with Crippen LogP contribution in [0.15, 0.2) is 18.2 Å². The topological polar surface area (TPSA) is 35.0 Å². The van der Waals surface area contributed by atoms with Crippen molar-refractivity contribution in [3.8, 4) is 11.6 Å². The van der Waals surface area contributed by atoms with E-state index in [1.165, 1.54) is 0 Å². The molecule has 0 aliphatic heterocycles. The van der Waals surface area contributed by atoms with Crippen molar-refractivity contribution >= 4 is 39.1 Å². The monoisotopic (exact) mass is 462 g/mol. The number of benzene rings is 1. The van der Waals surface area contributed by atoms with Gasteiger partial charge >= 0.3 is 0 Å². The molecule has 1 aromatic carbocycles. The Kier molecular flexibility index (Phi) is 12.9. The van der Waals surface area contributed by atoms with E-state index in [9.17, 15) is 0 Å². The highest BCUT2D eigenvalue weighted by molar-refractivity contribution is 9.09. The summed E-state index contributed by atoms with van der Waals surface area (Å²) < 4.78 is 5.77. The summed E-state index contributed by atoms with van der Waals surface area (Å²) in [6.07, 6.45) is 0.849. The molecule has 0 bridgehead atoms. The molecular weight excluding hydrogens is 435 g/mol. The van der Waals surface area contributed by atoms with E-state index in [0.29, 0.717) is 27.6 Å². The van der Waals surface area contributed by atoms with Crippen molar-refractivity contribution in [3.63, 3.8) is 0 Å². The number of alkyl halides is 1. The molecule has 0 fully saturated rings. The Bertz CT molecular complexity index is 656. The number of aryl methyl sites for hydroxylation is 2. The number of halogens is 3. The van der Waals surface area contributed by atoms with E-state index in [-0.39, 0.29) is 0 Å². The number of rotatable bonds is 5. The van der Waals surface area contributed by atoms with Crippen LogP contribution in [-0.2, 0) is 6.42 Å². The number of hydrogen-bond acceptors (Lipinski definition) is 3. The van der Waals surface area contributed by atoms with E-state index in [1.807, 2.05) is 52.8 Å². The predicted octanol–water partition coefficient (Wildman–Crippen LogP) is 8.00. The summed E-state index contributed by atoms with van der Waals surface area (Å²) in [5.74, 6) is 1.14. The Labute approximate surface area is 176 Å². The maximum absolute atomic E-state index is 6.28. The first-order valence-corrected chi connectivity index (χ1v) is 10.9. The molecule has 146 valence electrons. The van der Waals surface area contributed by atoms with Gasteiger partial charge in [0.2, 0.25) is 5.88 Å². The van der Waals surface area contributed by atoms with Crippen molar-refractivity contribution < 1.29 is 4.74 Å². The van der Waals surface area contributed by atoms with Gasteiger partial charge in [-0.3, -0.25) is 0 Å². The minimum Gasteiger partial charge on any atom is -0.434 e. The molecule has 6 heteroatoms. The van der Waals surface area contributed by atoms with Crippen LogP contribution in [0.4, 0.5) is 0 Å². The highest BCUT2D eigenvalue weighted by atomic mass is 79.9. The lowest BCUT2D eigenvalue weighted by Gasteiger charge is -2.13. The van der Waals surface area contributed by atoms with Gasteiger partial charge in [0.15, 0.2) is 5.75 Å². The lowest BCUT2D eigenvalue weighted by Crippen LogP contribution is -2.00. The van der Waals surface area contributed by atoms with E-state index < -0.39 is 0 Å². The van der Waals surface area contributed by atoms with Gasteiger partial charge in [0, 0.05) is 11.4 Å².